The Morgan fingerprint density at radius 3 is 2.78 bits per heavy atom. The van der Waals surface area contributed by atoms with Crippen molar-refractivity contribution in [3.8, 4) is 11.8 Å². The second-order valence-electron chi connectivity index (χ2n) is 6.72. The highest BCUT2D eigenvalue weighted by Crippen LogP contribution is 2.28. The van der Waals surface area contributed by atoms with Gasteiger partial charge in [0.25, 0.3) is 0 Å². The van der Waals surface area contributed by atoms with Crippen LogP contribution < -0.4 is 0 Å². The van der Waals surface area contributed by atoms with Crippen LogP contribution in [0.4, 0.5) is 0 Å². The Morgan fingerprint density at radius 1 is 1.30 bits per heavy atom. The molecule has 1 aromatic heterocycles. The Morgan fingerprint density at radius 2 is 2.09 bits per heavy atom. The summed E-state index contributed by atoms with van der Waals surface area (Å²) in [7, 11) is 2.09. The Balaban J connectivity index is 2.02. The van der Waals surface area contributed by atoms with E-state index in [2.05, 4.69) is 56.7 Å². The Bertz CT molecular complexity index is 768. The third kappa shape index (κ3) is 5.06. The molecule has 0 saturated carbocycles. The maximum Gasteiger partial charge on any atom is 0.151 e. The average Bonchev–Trinajstić information content (AvgIpc) is 2.90. The number of rotatable bonds is 5. The summed E-state index contributed by atoms with van der Waals surface area (Å²) < 4.78 is 1.21. The maximum absolute atomic E-state index is 11.1. The molecule has 0 aliphatic carbocycles. The van der Waals surface area contributed by atoms with Gasteiger partial charge < -0.3 is 0 Å². The second kappa shape index (κ2) is 7.59. The number of carbonyl (C=O) groups is 1. The lowest BCUT2D eigenvalue weighted by atomic mass is 9.98. The van der Waals surface area contributed by atoms with E-state index in [0.29, 0.717) is 0 Å². The molecule has 120 valence electrons. The third-order valence-electron chi connectivity index (χ3n) is 3.34. The number of allylic oxidation sites excluding steroid dienone is 1. The molecule has 0 saturated heterocycles. The molecule has 23 heavy (non-hydrogen) atoms. The minimum Gasteiger partial charge on any atom is -0.298 e. The van der Waals surface area contributed by atoms with Gasteiger partial charge in [-0.15, -0.1) is 11.3 Å². The molecule has 0 unspecified atom stereocenters. The summed E-state index contributed by atoms with van der Waals surface area (Å²) in [5.74, 6) is 6.28. The van der Waals surface area contributed by atoms with E-state index < -0.39 is 0 Å². The smallest absolute Gasteiger partial charge is 0.151 e. The quantitative estimate of drug-likeness (QED) is 0.584. The highest BCUT2D eigenvalue weighted by molar-refractivity contribution is 7.17. The molecule has 0 radical (unpaired) electrons. The monoisotopic (exact) mass is 325 g/mol. The number of aldehydes is 1. The largest absolute Gasteiger partial charge is 0.298 e. The van der Waals surface area contributed by atoms with E-state index in [4.69, 9.17) is 0 Å². The zero-order valence-electron chi connectivity index (χ0n) is 14.2. The van der Waals surface area contributed by atoms with Gasteiger partial charge in [0.05, 0.1) is 0 Å². The lowest BCUT2D eigenvalue weighted by molar-refractivity contribution is 0.112. The minimum absolute atomic E-state index is 0.0430. The molecule has 2 rings (SSSR count). The van der Waals surface area contributed by atoms with E-state index in [0.717, 1.165) is 30.3 Å². The van der Waals surface area contributed by atoms with Gasteiger partial charge in [-0.3, -0.25) is 9.69 Å². The van der Waals surface area contributed by atoms with Gasteiger partial charge in [0.15, 0.2) is 6.29 Å². The molecule has 1 aromatic carbocycles. The zero-order valence-corrected chi connectivity index (χ0v) is 15.0. The molecule has 0 fully saturated rings. The van der Waals surface area contributed by atoms with Crippen LogP contribution in [0.3, 0.4) is 0 Å². The number of fused-ring (bicyclic) bond motifs is 1. The first-order valence-corrected chi connectivity index (χ1v) is 8.59. The molecule has 0 atom stereocenters. The topological polar surface area (TPSA) is 20.3 Å². The Labute approximate surface area is 142 Å². The van der Waals surface area contributed by atoms with Crippen molar-refractivity contribution in [2.24, 2.45) is 5.41 Å². The van der Waals surface area contributed by atoms with Crippen molar-refractivity contribution in [2.75, 3.05) is 13.6 Å². The first-order chi connectivity index (χ1) is 10.9. The first kappa shape index (κ1) is 17.5. The summed E-state index contributed by atoms with van der Waals surface area (Å²) in [5.41, 5.74) is 2.09. The molecule has 0 aliphatic rings. The van der Waals surface area contributed by atoms with Gasteiger partial charge >= 0.3 is 0 Å². The molecule has 2 aromatic rings. The van der Waals surface area contributed by atoms with Crippen molar-refractivity contribution in [3.63, 3.8) is 0 Å². The third-order valence-corrected chi connectivity index (χ3v) is 4.43. The number of thiophene rings is 1. The van der Waals surface area contributed by atoms with Crippen LogP contribution in [-0.2, 0) is 6.54 Å². The second-order valence-corrected chi connectivity index (χ2v) is 7.60. The van der Waals surface area contributed by atoms with Gasteiger partial charge in [-0.25, -0.2) is 0 Å². The Hall–Kier alpha value is -1.89. The van der Waals surface area contributed by atoms with Crippen molar-refractivity contribution < 1.29 is 4.79 Å². The van der Waals surface area contributed by atoms with E-state index in [1.165, 1.54) is 10.3 Å². The molecule has 1 heterocycles. The fraction of sp³-hybridized carbons (Fsp3) is 0.350. The fourth-order valence-electron chi connectivity index (χ4n) is 2.26. The summed E-state index contributed by atoms with van der Waals surface area (Å²) in [4.78, 5) is 13.3. The van der Waals surface area contributed by atoms with Gasteiger partial charge in [-0.05, 0) is 39.5 Å². The van der Waals surface area contributed by atoms with Crippen LogP contribution in [0.25, 0.3) is 10.1 Å². The average molecular weight is 325 g/mol. The highest BCUT2D eigenvalue weighted by atomic mass is 32.1. The number of likely N-dealkylation sites (N-methyl/N-ethyl adjacent to an activating group) is 1. The molecule has 3 heteroatoms. The zero-order chi connectivity index (χ0) is 16.9. The molecule has 2 nitrogen and oxygen atoms in total. The number of benzene rings is 1. The SMILES string of the molecule is CN(C/C=C/C#CC(C)(C)C)Cc1cccc2c(C=O)csc12. The van der Waals surface area contributed by atoms with Gasteiger partial charge in [-0.1, -0.05) is 36.1 Å². The summed E-state index contributed by atoms with van der Waals surface area (Å²) in [5, 5.41) is 2.99. The number of hydrogen-bond donors (Lipinski definition) is 0. The summed E-state index contributed by atoms with van der Waals surface area (Å²) in [6.07, 6.45) is 4.95. The predicted molar refractivity (Wildman–Crippen MR) is 99.9 cm³/mol. The molecule has 0 bridgehead atoms. The van der Waals surface area contributed by atoms with Gasteiger partial charge in [0, 0.05) is 39.5 Å². The summed E-state index contributed by atoms with van der Waals surface area (Å²) >= 11 is 1.64. The van der Waals surface area contributed by atoms with Crippen molar-refractivity contribution in [3.05, 3.63) is 46.9 Å². The van der Waals surface area contributed by atoms with Crippen LogP contribution in [0.5, 0.6) is 0 Å². The van der Waals surface area contributed by atoms with E-state index in [1.54, 1.807) is 11.3 Å². The van der Waals surface area contributed by atoms with Crippen LogP contribution in [0.15, 0.2) is 35.7 Å². The van der Waals surface area contributed by atoms with E-state index in [9.17, 15) is 4.79 Å². The number of carbonyl (C=O) groups excluding carboxylic acids is 1. The summed E-state index contributed by atoms with van der Waals surface area (Å²) in [6.45, 7) is 8.02. The van der Waals surface area contributed by atoms with Crippen LogP contribution in [0, 0.1) is 17.3 Å². The molecule has 0 spiro atoms. The molecular formula is C20H23NOS. The number of nitrogens with zero attached hydrogens (tertiary/aromatic N) is 1. The minimum atomic E-state index is 0.0430. The van der Waals surface area contributed by atoms with E-state index in [-0.39, 0.29) is 5.41 Å². The van der Waals surface area contributed by atoms with E-state index >= 15 is 0 Å². The maximum atomic E-state index is 11.1. The summed E-state index contributed by atoms with van der Waals surface area (Å²) in [6, 6.07) is 6.17. The van der Waals surface area contributed by atoms with Crippen LogP contribution in [0.1, 0.15) is 36.7 Å². The lowest BCUT2D eigenvalue weighted by Crippen LogP contribution is -2.17. The van der Waals surface area contributed by atoms with Crippen molar-refractivity contribution in [1.29, 1.82) is 0 Å². The van der Waals surface area contributed by atoms with Crippen LogP contribution in [0.2, 0.25) is 0 Å². The fourth-order valence-corrected chi connectivity index (χ4v) is 3.28. The normalized spacial score (nSPS) is 11.9. The highest BCUT2D eigenvalue weighted by Gasteiger charge is 2.08. The predicted octanol–water partition coefficient (Wildman–Crippen LogP) is 4.75. The molecule has 0 aliphatic heterocycles. The van der Waals surface area contributed by atoms with Crippen molar-refractivity contribution in [2.45, 2.75) is 27.3 Å². The molecule has 0 N–H and O–H groups in total. The van der Waals surface area contributed by atoms with Crippen LogP contribution in [-0.4, -0.2) is 24.8 Å². The van der Waals surface area contributed by atoms with Gasteiger partial charge in [-0.2, -0.15) is 0 Å². The standard InChI is InChI=1S/C20H23NOS/c1-20(2,3)11-6-5-7-12-21(4)13-16-9-8-10-18-17(14-22)15-23-19(16)18/h5,7-10,14-15H,12-13H2,1-4H3/b7-5+. The van der Waals surface area contributed by atoms with Crippen LogP contribution >= 0.6 is 11.3 Å². The van der Waals surface area contributed by atoms with Crippen molar-refractivity contribution in [1.82, 2.24) is 4.90 Å². The molecular weight excluding hydrogens is 302 g/mol. The van der Waals surface area contributed by atoms with Crippen molar-refractivity contribution >= 4 is 27.7 Å². The number of hydrogen-bond acceptors (Lipinski definition) is 3. The first-order valence-electron chi connectivity index (χ1n) is 7.71. The lowest BCUT2D eigenvalue weighted by Gasteiger charge is -2.14. The van der Waals surface area contributed by atoms with Gasteiger partial charge in [0.1, 0.15) is 0 Å². The van der Waals surface area contributed by atoms with Gasteiger partial charge in [0.2, 0.25) is 0 Å². The molecule has 0 amide bonds. The van der Waals surface area contributed by atoms with E-state index in [1.807, 2.05) is 23.6 Å². The Kier molecular flexibility index (Phi) is 5.76.